The van der Waals surface area contributed by atoms with Gasteiger partial charge in [0.25, 0.3) is 0 Å². The number of ether oxygens (including phenoxy) is 1. The van der Waals surface area contributed by atoms with Crippen molar-refractivity contribution in [2.75, 3.05) is 0 Å². The lowest BCUT2D eigenvalue weighted by molar-refractivity contribution is -0.138. The molecule has 0 aliphatic heterocycles. The lowest BCUT2D eigenvalue weighted by atomic mass is 10.1. The summed E-state index contributed by atoms with van der Waals surface area (Å²) in [5, 5.41) is 0. The first-order valence-electron chi connectivity index (χ1n) is 5.95. The molecule has 0 radical (unpaired) electrons. The summed E-state index contributed by atoms with van der Waals surface area (Å²) < 4.78 is 43.5. The van der Waals surface area contributed by atoms with Gasteiger partial charge in [0.15, 0.2) is 0 Å². The Morgan fingerprint density at radius 3 is 2.50 bits per heavy atom. The molecule has 0 amide bonds. The van der Waals surface area contributed by atoms with Crippen molar-refractivity contribution in [3.63, 3.8) is 0 Å². The minimum Gasteiger partial charge on any atom is -0.491 e. The van der Waals surface area contributed by atoms with Crippen molar-refractivity contribution in [2.45, 2.75) is 45.5 Å². The maximum absolute atomic E-state index is 12.7. The van der Waals surface area contributed by atoms with Gasteiger partial charge in [-0.15, -0.1) is 0 Å². The van der Waals surface area contributed by atoms with E-state index in [-0.39, 0.29) is 18.2 Å². The predicted molar refractivity (Wildman–Crippen MR) is 64.3 cm³/mol. The molecule has 1 atom stereocenters. The zero-order valence-corrected chi connectivity index (χ0v) is 10.6. The Morgan fingerprint density at radius 2 is 2.00 bits per heavy atom. The molecule has 5 heteroatoms. The van der Waals surface area contributed by atoms with Crippen LogP contribution < -0.4 is 10.5 Å². The highest BCUT2D eigenvalue weighted by molar-refractivity contribution is 5.37. The minimum atomic E-state index is -4.37. The maximum atomic E-state index is 12.7. The van der Waals surface area contributed by atoms with Crippen LogP contribution in [0.2, 0.25) is 0 Å². The summed E-state index contributed by atoms with van der Waals surface area (Å²) in [5.41, 5.74) is 4.72. The Balaban J connectivity index is 2.92. The number of hydrogen-bond donors (Lipinski definition) is 1. The third-order valence-corrected chi connectivity index (χ3v) is 2.63. The molecule has 1 unspecified atom stereocenters. The SMILES string of the molecule is CCCC(C)Oc1ccc(C(F)(F)F)c(CN)c1. The van der Waals surface area contributed by atoms with E-state index in [1.807, 2.05) is 13.8 Å². The van der Waals surface area contributed by atoms with E-state index < -0.39 is 11.7 Å². The van der Waals surface area contributed by atoms with Gasteiger partial charge in [0.1, 0.15) is 5.75 Å². The first-order valence-corrected chi connectivity index (χ1v) is 5.95. The van der Waals surface area contributed by atoms with E-state index in [0.717, 1.165) is 18.9 Å². The minimum absolute atomic E-state index is 0.0163. The second-order valence-electron chi connectivity index (χ2n) is 4.24. The standard InChI is InChI=1S/C13H18F3NO/c1-3-4-9(2)18-11-5-6-12(13(14,15)16)10(7-11)8-17/h5-7,9H,3-4,8,17H2,1-2H3. The average molecular weight is 261 g/mol. The van der Waals surface area contributed by atoms with Crippen molar-refractivity contribution < 1.29 is 17.9 Å². The van der Waals surface area contributed by atoms with Gasteiger partial charge in [0.05, 0.1) is 11.7 Å². The summed E-state index contributed by atoms with van der Waals surface area (Å²) in [5.74, 6) is 0.435. The van der Waals surface area contributed by atoms with Crippen LogP contribution >= 0.6 is 0 Å². The summed E-state index contributed by atoms with van der Waals surface area (Å²) >= 11 is 0. The monoisotopic (exact) mass is 261 g/mol. The van der Waals surface area contributed by atoms with Crippen LogP contribution in [0.5, 0.6) is 5.75 Å². The smallest absolute Gasteiger partial charge is 0.416 e. The Labute approximate surface area is 105 Å². The Hall–Kier alpha value is -1.23. The van der Waals surface area contributed by atoms with E-state index in [9.17, 15) is 13.2 Å². The van der Waals surface area contributed by atoms with Gasteiger partial charge in [-0.2, -0.15) is 13.2 Å². The van der Waals surface area contributed by atoms with Crippen molar-refractivity contribution in [3.8, 4) is 5.75 Å². The lowest BCUT2D eigenvalue weighted by Crippen LogP contribution is -2.14. The van der Waals surface area contributed by atoms with Crippen molar-refractivity contribution in [2.24, 2.45) is 5.73 Å². The number of rotatable bonds is 5. The normalized spacial score (nSPS) is 13.4. The van der Waals surface area contributed by atoms with Crippen molar-refractivity contribution in [1.82, 2.24) is 0 Å². The zero-order chi connectivity index (χ0) is 13.8. The molecule has 0 aliphatic carbocycles. The maximum Gasteiger partial charge on any atom is 0.416 e. The van der Waals surface area contributed by atoms with Crippen LogP contribution in [0.4, 0.5) is 13.2 Å². The number of hydrogen-bond acceptors (Lipinski definition) is 2. The number of alkyl halides is 3. The van der Waals surface area contributed by atoms with Gasteiger partial charge in [-0.25, -0.2) is 0 Å². The first kappa shape index (κ1) is 14.8. The molecule has 0 fully saturated rings. The van der Waals surface area contributed by atoms with Gasteiger partial charge < -0.3 is 10.5 Å². The van der Waals surface area contributed by atoms with Crippen LogP contribution in [-0.2, 0) is 12.7 Å². The third kappa shape index (κ3) is 3.91. The highest BCUT2D eigenvalue weighted by atomic mass is 19.4. The van der Waals surface area contributed by atoms with E-state index in [0.29, 0.717) is 5.75 Å². The van der Waals surface area contributed by atoms with Crippen molar-refractivity contribution in [1.29, 1.82) is 0 Å². The molecule has 1 aromatic carbocycles. The molecule has 0 spiro atoms. The molecule has 0 saturated carbocycles. The number of nitrogens with two attached hydrogens (primary N) is 1. The van der Waals surface area contributed by atoms with Crippen LogP contribution in [-0.4, -0.2) is 6.10 Å². The van der Waals surface area contributed by atoms with Gasteiger partial charge >= 0.3 is 6.18 Å². The second kappa shape index (κ2) is 6.09. The summed E-state index contributed by atoms with van der Waals surface area (Å²) in [6.45, 7) is 3.76. The molecule has 0 saturated heterocycles. The molecular weight excluding hydrogens is 243 g/mol. The first-order chi connectivity index (χ1) is 8.38. The molecule has 2 N–H and O–H groups in total. The van der Waals surface area contributed by atoms with Gasteiger partial charge in [0.2, 0.25) is 0 Å². The van der Waals surface area contributed by atoms with Crippen LogP contribution in [0.1, 0.15) is 37.8 Å². The predicted octanol–water partition coefficient (Wildman–Crippen LogP) is 3.73. The molecule has 18 heavy (non-hydrogen) atoms. The number of benzene rings is 1. The van der Waals surface area contributed by atoms with E-state index in [1.165, 1.54) is 12.1 Å². The van der Waals surface area contributed by atoms with Crippen LogP contribution in [0, 0.1) is 0 Å². The lowest BCUT2D eigenvalue weighted by Gasteiger charge is -2.17. The summed E-state index contributed by atoms with van der Waals surface area (Å²) in [6, 6.07) is 3.74. The van der Waals surface area contributed by atoms with Crippen LogP contribution in [0.25, 0.3) is 0 Å². The topological polar surface area (TPSA) is 35.2 Å². The molecular formula is C13H18F3NO. The molecule has 0 bridgehead atoms. The van der Waals surface area contributed by atoms with Gasteiger partial charge in [-0.05, 0) is 37.1 Å². The summed E-state index contributed by atoms with van der Waals surface area (Å²) in [7, 11) is 0. The van der Waals surface area contributed by atoms with E-state index in [2.05, 4.69) is 0 Å². The van der Waals surface area contributed by atoms with E-state index in [1.54, 1.807) is 0 Å². The molecule has 0 aliphatic rings. The largest absolute Gasteiger partial charge is 0.491 e. The van der Waals surface area contributed by atoms with Gasteiger partial charge in [-0.3, -0.25) is 0 Å². The average Bonchev–Trinajstić information content (AvgIpc) is 2.27. The summed E-state index contributed by atoms with van der Waals surface area (Å²) in [4.78, 5) is 0. The van der Waals surface area contributed by atoms with Crippen molar-refractivity contribution in [3.05, 3.63) is 29.3 Å². The van der Waals surface area contributed by atoms with E-state index >= 15 is 0 Å². The molecule has 2 nitrogen and oxygen atoms in total. The number of halogens is 3. The zero-order valence-electron chi connectivity index (χ0n) is 10.6. The van der Waals surface area contributed by atoms with Crippen LogP contribution in [0.15, 0.2) is 18.2 Å². The molecule has 102 valence electrons. The fraction of sp³-hybridized carbons (Fsp3) is 0.538. The fourth-order valence-electron chi connectivity index (χ4n) is 1.79. The quantitative estimate of drug-likeness (QED) is 0.876. The van der Waals surface area contributed by atoms with Gasteiger partial charge in [-0.1, -0.05) is 13.3 Å². The highest BCUT2D eigenvalue weighted by Crippen LogP contribution is 2.33. The molecule has 0 heterocycles. The van der Waals surface area contributed by atoms with Crippen LogP contribution in [0.3, 0.4) is 0 Å². The third-order valence-electron chi connectivity index (χ3n) is 2.63. The molecule has 1 aromatic rings. The van der Waals surface area contributed by atoms with Crippen molar-refractivity contribution >= 4 is 0 Å². The highest BCUT2D eigenvalue weighted by Gasteiger charge is 2.33. The Bertz CT molecular complexity index is 390. The Kier molecular flexibility index (Phi) is 5.02. The summed E-state index contributed by atoms with van der Waals surface area (Å²) in [6.07, 6.45) is -2.57. The molecule has 1 rings (SSSR count). The second-order valence-corrected chi connectivity index (χ2v) is 4.24. The van der Waals surface area contributed by atoms with E-state index in [4.69, 9.17) is 10.5 Å². The fourth-order valence-corrected chi connectivity index (χ4v) is 1.79. The van der Waals surface area contributed by atoms with Gasteiger partial charge in [0, 0.05) is 6.54 Å². The Morgan fingerprint density at radius 1 is 1.33 bits per heavy atom. The molecule has 0 aromatic heterocycles.